The van der Waals surface area contributed by atoms with Crippen molar-refractivity contribution in [3.05, 3.63) is 0 Å². The summed E-state index contributed by atoms with van der Waals surface area (Å²) < 4.78 is 0. The molecule has 14 heavy (non-hydrogen) atoms. The minimum Gasteiger partial charge on any atom is -0.301 e. The van der Waals surface area contributed by atoms with Gasteiger partial charge in [0.2, 0.25) is 0 Å². The van der Waals surface area contributed by atoms with Crippen molar-refractivity contribution in [1.29, 1.82) is 5.26 Å². The zero-order valence-corrected chi connectivity index (χ0v) is 8.11. The highest BCUT2D eigenvalue weighted by molar-refractivity contribution is 5.97. The lowest BCUT2D eigenvalue weighted by Crippen LogP contribution is -2.36. The lowest BCUT2D eigenvalue weighted by atomic mass is 10.1. The van der Waals surface area contributed by atoms with Crippen molar-refractivity contribution in [2.75, 3.05) is 19.6 Å². The van der Waals surface area contributed by atoms with Crippen molar-refractivity contribution in [2.24, 2.45) is 5.92 Å². The zero-order chi connectivity index (χ0) is 10.4. The summed E-state index contributed by atoms with van der Waals surface area (Å²) in [4.78, 5) is 23.7. The number of hydrogen-bond donors (Lipinski definition) is 0. The molecule has 1 heterocycles. The Morgan fingerprint density at radius 2 is 2.07 bits per heavy atom. The van der Waals surface area contributed by atoms with Crippen LogP contribution in [0.2, 0.25) is 0 Å². The van der Waals surface area contributed by atoms with Crippen LogP contribution in [0.15, 0.2) is 0 Å². The summed E-state index contributed by atoms with van der Waals surface area (Å²) in [6, 6.07) is 1.70. The third-order valence-electron chi connectivity index (χ3n) is 2.45. The molecule has 4 nitrogen and oxygen atoms in total. The fourth-order valence-corrected chi connectivity index (χ4v) is 1.61. The number of carbonyl (C=O) groups excluding carboxylic acids is 2. The quantitative estimate of drug-likeness (QED) is 0.479. The summed E-state index contributed by atoms with van der Waals surface area (Å²) >= 11 is 0. The summed E-state index contributed by atoms with van der Waals surface area (Å²) in [5, 5.41) is 8.51. The summed E-state index contributed by atoms with van der Waals surface area (Å²) in [5.74, 6) is -1.35. The predicted molar refractivity (Wildman–Crippen MR) is 50.5 cm³/mol. The molecule has 1 atom stereocenters. The molecule has 1 unspecified atom stereocenters. The molecule has 1 aliphatic heterocycles. The first kappa shape index (κ1) is 10.9. The Balaban J connectivity index is 2.39. The maximum Gasteiger partial charge on any atom is 0.171 e. The number of piperidine rings is 1. The van der Waals surface area contributed by atoms with Crippen molar-refractivity contribution in [1.82, 2.24) is 4.90 Å². The molecule has 1 rings (SSSR count). The fraction of sp³-hybridized carbons (Fsp3) is 0.700. The molecule has 4 heteroatoms. The Morgan fingerprint density at radius 1 is 1.43 bits per heavy atom. The van der Waals surface area contributed by atoms with Crippen LogP contribution in [0.3, 0.4) is 0 Å². The second kappa shape index (κ2) is 5.51. The molecule has 0 amide bonds. The summed E-state index contributed by atoms with van der Waals surface area (Å²) in [7, 11) is 0. The molecular weight excluding hydrogens is 180 g/mol. The lowest BCUT2D eigenvalue weighted by molar-refractivity contribution is -0.126. The third kappa shape index (κ3) is 2.93. The number of nitriles is 1. The van der Waals surface area contributed by atoms with Gasteiger partial charge in [0.15, 0.2) is 11.7 Å². The van der Waals surface area contributed by atoms with Crippen molar-refractivity contribution < 1.29 is 9.59 Å². The zero-order valence-electron chi connectivity index (χ0n) is 8.11. The fourth-order valence-electron chi connectivity index (χ4n) is 1.61. The predicted octanol–water partition coefficient (Wildman–Crippen LogP) is 0.380. The number of rotatable bonds is 4. The van der Waals surface area contributed by atoms with Gasteiger partial charge >= 0.3 is 0 Å². The van der Waals surface area contributed by atoms with E-state index in [0.717, 1.165) is 25.9 Å². The van der Waals surface area contributed by atoms with Crippen LogP contribution in [0, 0.1) is 17.2 Å². The van der Waals surface area contributed by atoms with Crippen LogP contribution in [0.4, 0.5) is 0 Å². The Morgan fingerprint density at radius 3 is 2.57 bits per heavy atom. The molecule has 0 radical (unpaired) electrons. The molecule has 1 aliphatic rings. The lowest BCUT2D eigenvalue weighted by Gasteiger charge is -2.25. The van der Waals surface area contributed by atoms with Crippen molar-refractivity contribution in [3.8, 4) is 6.07 Å². The van der Waals surface area contributed by atoms with Crippen molar-refractivity contribution in [2.45, 2.75) is 19.3 Å². The van der Waals surface area contributed by atoms with E-state index in [2.05, 4.69) is 0 Å². The molecule has 0 aliphatic carbocycles. The standard InChI is InChI=1S/C10H14N2O2/c11-6-9(8-13)10(14)7-12-4-2-1-3-5-12/h8-9H,1-5,7H2. The number of likely N-dealkylation sites (tertiary alicyclic amines) is 1. The molecule has 0 spiro atoms. The second-order valence-electron chi connectivity index (χ2n) is 3.55. The maximum absolute atomic E-state index is 11.4. The molecule has 0 bridgehead atoms. The van der Waals surface area contributed by atoms with Gasteiger partial charge in [-0.2, -0.15) is 5.26 Å². The minimum atomic E-state index is -1.07. The Labute approximate surface area is 83.5 Å². The van der Waals surface area contributed by atoms with E-state index >= 15 is 0 Å². The highest BCUT2D eigenvalue weighted by Gasteiger charge is 2.20. The summed E-state index contributed by atoms with van der Waals surface area (Å²) in [6.45, 7) is 2.06. The van der Waals surface area contributed by atoms with E-state index < -0.39 is 5.92 Å². The van der Waals surface area contributed by atoms with Gasteiger partial charge in [-0.1, -0.05) is 6.42 Å². The van der Waals surface area contributed by atoms with E-state index in [4.69, 9.17) is 5.26 Å². The molecule has 0 saturated carbocycles. The van der Waals surface area contributed by atoms with Gasteiger partial charge in [-0.3, -0.25) is 9.69 Å². The minimum absolute atomic E-state index is 0.247. The number of ketones is 1. The van der Waals surface area contributed by atoms with E-state index in [1.165, 1.54) is 6.42 Å². The van der Waals surface area contributed by atoms with Gasteiger partial charge in [0.05, 0.1) is 12.6 Å². The second-order valence-corrected chi connectivity index (χ2v) is 3.55. The van der Waals surface area contributed by atoms with Crippen LogP contribution in [-0.4, -0.2) is 36.6 Å². The van der Waals surface area contributed by atoms with Crippen LogP contribution in [0.5, 0.6) is 0 Å². The SMILES string of the molecule is N#CC(C=O)C(=O)CN1CCCCC1. The highest BCUT2D eigenvalue weighted by Crippen LogP contribution is 2.09. The van der Waals surface area contributed by atoms with E-state index in [-0.39, 0.29) is 12.3 Å². The normalized spacial score (nSPS) is 19.6. The molecule has 1 fully saturated rings. The third-order valence-corrected chi connectivity index (χ3v) is 2.45. The average Bonchev–Trinajstić information content (AvgIpc) is 2.21. The summed E-state index contributed by atoms with van der Waals surface area (Å²) in [5.41, 5.74) is 0. The van der Waals surface area contributed by atoms with E-state index in [0.29, 0.717) is 6.29 Å². The molecule has 0 aromatic rings. The van der Waals surface area contributed by atoms with Crippen LogP contribution in [0.25, 0.3) is 0 Å². The van der Waals surface area contributed by atoms with Crippen LogP contribution in [0.1, 0.15) is 19.3 Å². The van der Waals surface area contributed by atoms with Crippen LogP contribution >= 0.6 is 0 Å². The Hall–Kier alpha value is -1.21. The Bertz CT molecular complexity index is 251. The van der Waals surface area contributed by atoms with Gasteiger partial charge in [0.1, 0.15) is 6.29 Å². The molecule has 76 valence electrons. The maximum atomic E-state index is 11.4. The van der Waals surface area contributed by atoms with Gasteiger partial charge in [-0.05, 0) is 25.9 Å². The van der Waals surface area contributed by atoms with Crippen LogP contribution in [-0.2, 0) is 9.59 Å². The highest BCUT2D eigenvalue weighted by atomic mass is 16.1. The first-order chi connectivity index (χ1) is 6.77. The van der Waals surface area contributed by atoms with Crippen LogP contribution < -0.4 is 0 Å². The average molecular weight is 194 g/mol. The monoisotopic (exact) mass is 194 g/mol. The van der Waals surface area contributed by atoms with Crippen molar-refractivity contribution >= 4 is 12.1 Å². The van der Waals surface area contributed by atoms with E-state index in [9.17, 15) is 9.59 Å². The summed E-state index contributed by atoms with van der Waals surface area (Å²) in [6.07, 6.45) is 3.84. The van der Waals surface area contributed by atoms with Gasteiger partial charge in [0.25, 0.3) is 0 Å². The largest absolute Gasteiger partial charge is 0.301 e. The first-order valence-corrected chi connectivity index (χ1v) is 4.88. The molecule has 0 N–H and O–H groups in total. The van der Waals surface area contributed by atoms with Gasteiger partial charge in [-0.25, -0.2) is 0 Å². The number of Topliss-reactive ketones (excluding diaryl/α,β-unsaturated/α-hetero) is 1. The number of hydrogen-bond acceptors (Lipinski definition) is 4. The number of carbonyl (C=O) groups is 2. The van der Waals surface area contributed by atoms with Gasteiger partial charge in [-0.15, -0.1) is 0 Å². The number of aldehydes is 1. The topological polar surface area (TPSA) is 61.2 Å². The Kier molecular flexibility index (Phi) is 4.27. The molecule has 0 aromatic carbocycles. The van der Waals surface area contributed by atoms with E-state index in [1.807, 2.05) is 4.90 Å². The van der Waals surface area contributed by atoms with Crippen molar-refractivity contribution in [3.63, 3.8) is 0 Å². The van der Waals surface area contributed by atoms with Gasteiger partial charge < -0.3 is 4.79 Å². The molecule has 0 aromatic heterocycles. The van der Waals surface area contributed by atoms with Gasteiger partial charge in [0, 0.05) is 0 Å². The molecular formula is C10H14N2O2. The van der Waals surface area contributed by atoms with E-state index in [1.54, 1.807) is 6.07 Å². The number of nitrogens with zero attached hydrogens (tertiary/aromatic N) is 2. The smallest absolute Gasteiger partial charge is 0.171 e. The molecule has 1 saturated heterocycles. The first-order valence-electron chi connectivity index (χ1n) is 4.88.